The van der Waals surface area contributed by atoms with Gasteiger partial charge in [0.1, 0.15) is 0 Å². The van der Waals surface area contributed by atoms with E-state index in [-0.39, 0.29) is 44.5 Å². The number of guanidine groups is 1. The molecule has 2 atom stereocenters. The van der Waals surface area contributed by atoms with E-state index in [0.717, 1.165) is 10.2 Å². The molecule has 2 aromatic rings. The van der Waals surface area contributed by atoms with Gasteiger partial charge in [0.2, 0.25) is 5.91 Å². The van der Waals surface area contributed by atoms with Crippen LogP contribution in [0.2, 0.25) is 0 Å². The van der Waals surface area contributed by atoms with Crippen LogP contribution in [0.15, 0.2) is 28.7 Å². The maximum Gasteiger partial charge on any atom is 0.475 e. The van der Waals surface area contributed by atoms with Crippen LogP contribution in [0, 0.1) is 22.0 Å². The summed E-state index contributed by atoms with van der Waals surface area (Å²) in [5.74, 6) is -2.62. The lowest BCUT2D eigenvalue weighted by molar-refractivity contribution is -0.525. The van der Waals surface area contributed by atoms with Crippen molar-refractivity contribution in [2.75, 3.05) is 6.54 Å². The van der Waals surface area contributed by atoms with Gasteiger partial charge in [0.15, 0.2) is 10.8 Å². The molecule has 0 radical (unpaired) electrons. The number of amides is 1. The molecular formula is C21H33BN6O6S. The Hall–Kier alpha value is -3.10. The normalized spacial score (nSPS) is 13.1. The lowest BCUT2D eigenvalue weighted by atomic mass is 9.74. The molecule has 0 fully saturated rings. The standard InChI is InChI=1S/C20H29BN6O6S.CH4/c1-12(2)8-18(21(30)31)25-19(29)14(4-3-7-23-20(22)26-27(32)33)9-16(28)13-5-6-15-17(10-13)34-11-24-15;/h5-6,10-12,14,18,30-31H,3-4,7-9H2,1-2H3,(H,25,29)(H3,22,23,26);1H4/t14-,18+;/m1./s1. The first kappa shape index (κ1) is 29.9. The van der Waals surface area contributed by atoms with Crippen LogP contribution in [0.25, 0.3) is 10.2 Å². The maximum atomic E-state index is 13.0. The fourth-order valence-electron chi connectivity index (χ4n) is 3.43. The van der Waals surface area contributed by atoms with Gasteiger partial charge in [-0.3, -0.25) is 9.59 Å². The monoisotopic (exact) mass is 508 g/mol. The van der Waals surface area contributed by atoms with E-state index in [1.807, 2.05) is 13.8 Å². The smallest absolute Gasteiger partial charge is 0.426 e. The van der Waals surface area contributed by atoms with Gasteiger partial charge in [0, 0.05) is 24.4 Å². The molecule has 1 aromatic heterocycles. The van der Waals surface area contributed by atoms with Gasteiger partial charge in [-0.25, -0.2) is 20.1 Å². The molecule has 0 aliphatic carbocycles. The Kier molecular flexibility index (Phi) is 12.3. The molecule has 0 aliphatic rings. The molecule has 0 spiro atoms. The van der Waals surface area contributed by atoms with Crippen molar-refractivity contribution in [3.05, 3.63) is 39.4 Å². The number of nitrogens with zero attached hydrogens (tertiary/aromatic N) is 3. The summed E-state index contributed by atoms with van der Waals surface area (Å²) in [6.07, 6.45) is 0.819. The van der Waals surface area contributed by atoms with E-state index in [2.05, 4.69) is 15.3 Å². The summed E-state index contributed by atoms with van der Waals surface area (Å²) < 4.78 is 0.857. The second kappa shape index (κ2) is 14.3. The van der Waals surface area contributed by atoms with Gasteiger partial charge < -0.3 is 21.1 Å². The van der Waals surface area contributed by atoms with E-state index in [1.54, 1.807) is 29.1 Å². The fourth-order valence-corrected chi connectivity index (χ4v) is 4.14. The number of rotatable bonds is 13. The minimum Gasteiger partial charge on any atom is -0.426 e. The molecule has 192 valence electrons. The van der Waals surface area contributed by atoms with Gasteiger partial charge in [-0.15, -0.1) is 11.3 Å². The molecule has 1 heterocycles. The molecule has 1 aromatic carbocycles. The SMILES string of the molecule is C.CC(C)C[C@H](NC(=O)[C@H](CCCN=C(N)N[N+](=O)[O-])CC(=O)c1ccc2ncsc2c1)B(O)O. The first-order valence-electron chi connectivity index (χ1n) is 10.8. The summed E-state index contributed by atoms with van der Waals surface area (Å²) in [4.78, 5) is 44.4. The third-order valence-corrected chi connectivity index (χ3v) is 5.86. The molecule has 0 saturated carbocycles. The number of hydrogen-bond donors (Lipinski definition) is 5. The number of benzene rings is 1. The van der Waals surface area contributed by atoms with E-state index < -0.39 is 29.9 Å². The zero-order chi connectivity index (χ0) is 25.3. The van der Waals surface area contributed by atoms with E-state index in [9.17, 15) is 29.8 Å². The van der Waals surface area contributed by atoms with E-state index in [4.69, 9.17) is 5.73 Å². The van der Waals surface area contributed by atoms with Gasteiger partial charge in [-0.2, -0.15) is 0 Å². The van der Waals surface area contributed by atoms with Crippen molar-refractivity contribution < 1.29 is 24.7 Å². The van der Waals surface area contributed by atoms with Crippen LogP contribution in [0.4, 0.5) is 0 Å². The van der Waals surface area contributed by atoms with Gasteiger partial charge >= 0.3 is 7.12 Å². The molecule has 0 bridgehead atoms. The summed E-state index contributed by atoms with van der Waals surface area (Å²) in [5, 5.41) is 31.5. The van der Waals surface area contributed by atoms with Crippen LogP contribution in [-0.4, -0.2) is 57.3 Å². The lowest BCUT2D eigenvalue weighted by Gasteiger charge is -2.23. The number of ketones is 1. The molecule has 14 heteroatoms. The van der Waals surface area contributed by atoms with E-state index in [0.29, 0.717) is 18.4 Å². The quantitative estimate of drug-likeness (QED) is 0.0507. The number of fused-ring (bicyclic) bond motifs is 1. The molecule has 0 saturated heterocycles. The number of carbonyl (C=O) groups is 2. The van der Waals surface area contributed by atoms with Gasteiger partial charge in [0.25, 0.3) is 5.96 Å². The highest BCUT2D eigenvalue weighted by Crippen LogP contribution is 2.22. The number of thiazole rings is 1. The summed E-state index contributed by atoms with van der Waals surface area (Å²) in [5.41, 5.74) is 10.0. The predicted molar refractivity (Wildman–Crippen MR) is 136 cm³/mol. The third-order valence-electron chi connectivity index (χ3n) is 5.07. The highest BCUT2D eigenvalue weighted by molar-refractivity contribution is 7.16. The number of nitro groups is 1. The van der Waals surface area contributed by atoms with Crippen LogP contribution in [-0.2, 0) is 4.79 Å². The molecule has 12 nitrogen and oxygen atoms in total. The molecule has 2 rings (SSSR count). The largest absolute Gasteiger partial charge is 0.475 e. The molecule has 0 unspecified atom stereocenters. The van der Waals surface area contributed by atoms with Crippen molar-refractivity contribution in [3.8, 4) is 0 Å². The van der Waals surface area contributed by atoms with E-state index >= 15 is 0 Å². The van der Waals surface area contributed by atoms with Gasteiger partial charge in [0.05, 0.1) is 21.7 Å². The summed E-state index contributed by atoms with van der Waals surface area (Å²) in [6.45, 7) is 3.88. The Morgan fingerprint density at radius 2 is 2.06 bits per heavy atom. The van der Waals surface area contributed by atoms with Crippen molar-refractivity contribution in [2.24, 2.45) is 22.6 Å². The number of carbonyl (C=O) groups excluding carboxylic acids is 2. The number of Topliss-reactive ketones (excluding diaryl/α,β-unsaturated/α-hetero) is 1. The van der Waals surface area contributed by atoms with Crippen LogP contribution in [0.5, 0.6) is 0 Å². The van der Waals surface area contributed by atoms with Crippen LogP contribution in [0.1, 0.15) is 57.3 Å². The highest BCUT2D eigenvalue weighted by atomic mass is 32.1. The van der Waals surface area contributed by atoms with Crippen LogP contribution >= 0.6 is 11.3 Å². The summed E-state index contributed by atoms with van der Waals surface area (Å²) >= 11 is 1.41. The zero-order valence-electron chi connectivity index (χ0n) is 19.0. The number of hydrazine groups is 1. The average Bonchev–Trinajstić information content (AvgIpc) is 3.22. The molecule has 0 aliphatic heterocycles. The van der Waals surface area contributed by atoms with Crippen molar-refractivity contribution in [3.63, 3.8) is 0 Å². The lowest BCUT2D eigenvalue weighted by Crippen LogP contribution is -2.49. The molecule has 6 N–H and O–H groups in total. The Balaban J connectivity index is 0.00000612. The maximum absolute atomic E-state index is 13.0. The Morgan fingerprint density at radius 3 is 2.69 bits per heavy atom. The van der Waals surface area contributed by atoms with Crippen molar-refractivity contribution in [1.82, 2.24) is 15.7 Å². The molecule has 35 heavy (non-hydrogen) atoms. The average molecular weight is 508 g/mol. The first-order valence-corrected chi connectivity index (χ1v) is 11.7. The minimum absolute atomic E-state index is 0. The summed E-state index contributed by atoms with van der Waals surface area (Å²) in [6, 6.07) is 5.14. The van der Waals surface area contributed by atoms with Crippen LogP contribution < -0.4 is 16.5 Å². The highest BCUT2D eigenvalue weighted by Gasteiger charge is 2.30. The molecular weight excluding hydrogens is 475 g/mol. The van der Waals surface area contributed by atoms with Gasteiger partial charge in [-0.05, 0) is 43.4 Å². The Morgan fingerprint density at radius 1 is 1.34 bits per heavy atom. The first-order chi connectivity index (χ1) is 16.1. The fraction of sp³-hybridized carbons (Fsp3) is 0.524. The number of hydrogen-bond acceptors (Lipinski definition) is 9. The number of aromatic nitrogens is 1. The zero-order valence-corrected chi connectivity index (χ0v) is 19.8. The van der Waals surface area contributed by atoms with Crippen molar-refractivity contribution in [1.29, 1.82) is 0 Å². The minimum atomic E-state index is -1.74. The Bertz CT molecular complexity index is 1030. The van der Waals surface area contributed by atoms with Gasteiger partial charge in [-0.1, -0.05) is 26.7 Å². The van der Waals surface area contributed by atoms with Crippen molar-refractivity contribution >= 4 is 46.3 Å². The Labute approximate surface area is 208 Å². The molecule has 1 amide bonds. The third kappa shape index (κ3) is 9.96. The van der Waals surface area contributed by atoms with Crippen molar-refractivity contribution in [2.45, 2.75) is 52.9 Å². The second-order valence-corrected chi connectivity index (χ2v) is 9.18. The van der Waals surface area contributed by atoms with Crippen LogP contribution in [0.3, 0.4) is 0 Å². The van der Waals surface area contributed by atoms with E-state index in [1.165, 1.54) is 11.3 Å². The second-order valence-electron chi connectivity index (χ2n) is 8.30. The topological polar surface area (TPSA) is 193 Å². The number of aliphatic imine (C=N–C) groups is 1. The summed E-state index contributed by atoms with van der Waals surface area (Å²) in [7, 11) is -1.74. The number of nitrogens with one attached hydrogen (secondary N) is 2. The number of nitrogens with two attached hydrogens (primary N) is 1. The predicted octanol–water partition coefficient (Wildman–Crippen LogP) is 1.54.